The summed E-state index contributed by atoms with van der Waals surface area (Å²) in [5.74, 6) is 1.00. The number of nitrogens with one attached hydrogen (secondary N) is 1. The molecular weight excluding hydrogens is 212 g/mol. The Hall–Kier alpha value is -0.380. The molecule has 4 atom stereocenters. The molecule has 1 fully saturated rings. The molecular formula is C14H28N2O. The van der Waals surface area contributed by atoms with E-state index < -0.39 is 5.54 Å². The van der Waals surface area contributed by atoms with Gasteiger partial charge in [0.2, 0.25) is 0 Å². The van der Waals surface area contributed by atoms with Crippen molar-refractivity contribution in [3.63, 3.8) is 0 Å². The van der Waals surface area contributed by atoms with Gasteiger partial charge in [0.05, 0.1) is 23.8 Å². The molecule has 0 unspecified atom stereocenters. The molecule has 0 radical (unpaired) electrons. The van der Waals surface area contributed by atoms with E-state index in [0.29, 0.717) is 11.8 Å². The van der Waals surface area contributed by atoms with Gasteiger partial charge in [-0.2, -0.15) is 0 Å². The summed E-state index contributed by atoms with van der Waals surface area (Å²) >= 11 is 0. The highest BCUT2D eigenvalue weighted by Crippen LogP contribution is 2.36. The molecule has 0 aromatic carbocycles. The third-order valence-electron chi connectivity index (χ3n) is 3.70. The van der Waals surface area contributed by atoms with Gasteiger partial charge in [0.1, 0.15) is 0 Å². The Bertz CT molecular complexity index is 265. The van der Waals surface area contributed by atoms with E-state index in [9.17, 15) is 0 Å². The van der Waals surface area contributed by atoms with Crippen LogP contribution in [-0.2, 0) is 4.74 Å². The van der Waals surface area contributed by atoms with Gasteiger partial charge in [-0.3, -0.25) is 0 Å². The van der Waals surface area contributed by atoms with Crippen molar-refractivity contribution < 1.29 is 4.74 Å². The first kappa shape index (κ1) is 14.7. The van der Waals surface area contributed by atoms with Gasteiger partial charge in [0, 0.05) is 0 Å². The smallest absolute Gasteiger partial charge is 0.0834 e. The molecule has 17 heavy (non-hydrogen) atoms. The molecule has 3 heteroatoms. The maximum absolute atomic E-state index is 6.52. The van der Waals surface area contributed by atoms with Crippen molar-refractivity contribution in [3.05, 3.63) is 12.7 Å². The predicted molar refractivity (Wildman–Crippen MR) is 72.9 cm³/mol. The van der Waals surface area contributed by atoms with Gasteiger partial charge in [-0.1, -0.05) is 33.8 Å². The van der Waals surface area contributed by atoms with Gasteiger partial charge in [0.25, 0.3) is 0 Å². The molecule has 0 aromatic heterocycles. The second kappa shape index (κ2) is 5.51. The third kappa shape index (κ3) is 2.72. The van der Waals surface area contributed by atoms with E-state index in [4.69, 9.17) is 10.5 Å². The van der Waals surface area contributed by atoms with Crippen LogP contribution in [0.2, 0.25) is 0 Å². The Morgan fingerprint density at radius 3 is 2.35 bits per heavy atom. The summed E-state index contributed by atoms with van der Waals surface area (Å²) in [6.45, 7) is 12.6. The summed E-state index contributed by atoms with van der Waals surface area (Å²) in [4.78, 5) is 0. The Morgan fingerprint density at radius 2 is 2.00 bits per heavy atom. The second-order valence-electron chi connectivity index (χ2n) is 5.94. The zero-order valence-electron chi connectivity index (χ0n) is 11.9. The van der Waals surface area contributed by atoms with E-state index in [2.05, 4.69) is 39.6 Å². The fourth-order valence-corrected chi connectivity index (χ4v) is 2.95. The van der Waals surface area contributed by atoms with Crippen molar-refractivity contribution in [1.29, 1.82) is 0 Å². The maximum Gasteiger partial charge on any atom is 0.0834 e. The first-order valence-electron chi connectivity index (χ1n) is 6.62. The van der Waals surface area contributed by atoms with Crippen LogP contribution in [0.3, 0.4) is 0 Å². The molecule has 3 N–H and O–H groups in total. The summed E-state index contributed by atoms with van der Waals surface area (Å²) in [5.41, 5.74) is 6.05. The quantitative estimate of drug-likeness (QED) is 0.722. The Balaban J connectivity index is 2.96. The molecule has 0 spiro atoms. The van der Waals surface area contributed by atoms with Crippen molar-refractivity contribution in [2.45, 2.75) is 57.9 Å². The third-order valence-corrected chi connectivity index (χ3v) is 3.70. The topological polar surface area (TPSA) is 47.3 Å². The zero-order valence-corrected chi connectivity index (χ0v) is 11.9. The SMILES string of the molecule is C=C[C@]1(N)[C@H](C(C)C)O[C@H](CC(C)C)[C@@H]1NC. The zero-order chi connectivity index (χ0) is 13.2. The molecule has 1 rings (SSSR count). The molecule has 0 aromatic rings. The average Bonchev–Trinajstić information content (AvgIpc) is 2.51. The summed E-state index contributed by atoms with van der Waals surface area (Å²) in [5, 5.41) is 3.32. The van der Waals surface area contributed by atoms with Gasteiger partial charge >= 0.3 is 0 Å². The van der Waals surface area contributed by atoms with Crippen molar-refractivity contribution in [2.75, 3.05) is 7.05 Å². The number of nitrogens with two attached hydrogens (primary N) is 1. The lowest BCUT2D eigenvalue weighted by Gasteiger charge is -2.34. The lowest BCUT2D eigenvalue weighted by atomic mass is 9.80. The van der Waals surface area contributed by atoms with Crippen LogP contribution in [0.5, 0.6) is 0 Å². The normalized spacial score (nSPS) is 38.0. The molecule has 1 saturated heterocycles. The Morgan fingerprint density at radius 1 is 1.41 bits per heavy atom. The van der Waals surface area contributed by atoms with E-state index in [1.165, 1.54) is 0 Å². The fourth-order valence-electron chi connectivity index (χ4n) is 2.95. The van der Waals surface area contributed by atoms with E-state index in [0.717, 1.165) is 6.42 Å². The number of rotatable bonds is 5. The van der Waals surface area contributed by atoms with Crippen molar-refractivity contribution in [1.82, 2.24) is 5.32 Å². The second-order valence-corrected chi connectivity index (χ2v) is 5.94. The van der Waals surface area contributed by atoms with Gasteiger partial charge < -0.3 is 15.8 Å². The predicted octanol–water partition coefficient (Wildman–Crippen LogP) is 1.93. The van der Waals surface area contributed by atoms with Crippen LogP contribution in [0, 0.1) is 11.8 Å². The van der Waals surface area contributed by atoms with Gasteiger partial charge in [-0.05, 0) is 25.3 Å². The molecule has 0 amide bonds. The van der Waals surface area contributed by atoms with Crippen LogP contribution in [0.15, 0.2) is 12.7 Å². The number of ether oxygens (including phenoxy) is 1. The summed E-state index contributed by atoms with van der Waals surface area (Å²) in [7, 11) is 1.95. The van der Waals surface area contributed by atoms with Crippen LogP contribution in [0.1, 0.15) is 34.1 Å². The summed E-state index contributed by atoms with van der Waals surface area (Å²) < 4.78 is 6.18. The molecule has 1 aliphatic heterocycles. The van der Waals surface area contributed by atoms with E-state index in [1.54, 1.807) is 0 Å². The highest BCUT2D eigenvalue weighted by atomic mass is 16.5. The van der Waals surface area contributed by atoms with Crippen molar-refractivity contribution >= 4 is 0 Å². The number of hydrogen-bond acceptors (Lipinski definition) is 3. The van der Waals surface area contributed by atoms with Gasteiger partial charge in [-0.15, -0.1) is 6.58 Å². The van der Waals surface area contributed by atoms with Crippen LogP contribution in [0.4, 0.5) is 0 Å². The van der Waals surface area contributed by atoms with E-state index in [1.807, 2.05) is 13.1 Å². The minimum Gasteiger partial charge on any atom is -0.371 e. The van der Waals surface area contributed by atoms with Gasteiger partial charge in [-0.25, -0.2) is 0 Å². The molecule has 0 bridgehead atoms. The highest BCUT2D eigenvalue weighted by molar-refractivity contribution is 5.19. The van der Waals surface area contributed by atoms with Crippen molar-refractivity contribution in [3.8, 4) is 0 Å². The minimum absolute atomic E-state index is 0.0428. The Labute approximate surface area is 106 Å². The summed E-state index contributed by atoms with van der Waals surface area (Å²) in [6.07, 6.45) is 3.11. The average molecular weight is 240 g/mol. The van der Waals surface area contributed by atoms with Crippen LogP contribution >= 0.6 is 0 Å². The molecule has 1 heterocycles. The first-order chi connectivity index (χ1) is 7.86. The van der Waals surface area contributed by atoms with E-state index in [-0.39, 0.29) is 18.2 Å². The van der Waals surface area contributed by atoms with Gasteiger partial charge in [0.15, 0.2) is 0 Å². The minimum atomic E-state index is -0.470. The molecule has 100 valence electrons. The van der Waals surface area contributed by atoms with Crippen LogP contribution < -0.4 is 11.1 Å². The van der Waals surface area contributed by atoms with Crippen LogP contribution in [-0.4, -0.2) is 30.8 Å². The first-order valence-corrected chi connectivity index (χ1v) is 6.62. The van der Waals surface area contributed by atoms with E-state index >= 15 is 0 Å². The standard InChI is InChI=1S/C14H28N2O/c1-7-14(15)12(16-6)11(8-9(2)3)17-13(14)10(4)5/h7,9-13,16H,1,8,15H2,2-6H3/t11-,12+,13+,14-/m1/s1. The number of hydrogen-bond donors (Lipinski definition) is 2. The fraction of sp³-hybridized carbons (Fsp3) is 0.857. The summed E-state index contributed by atoms with van der Waals surface area (Å²) in [6, 6.07) is 0.148. The molecule has 3 nitrogen and oxygen atoms in total. The van der Waals surface area contributed by atoms with Crippen LogP contribution in [0.25, 0.3) is 0 Å². The maximum atomic E-state index is 6.52. The lowest BCUT2D eigenvalue weighted by molar-refractivity contribution is -0.00258. The van der Waals surface area contributed by atoms with Crippen molar-refractivity contribution in [2.24, 2.45) is 17.6 Å². The Kier molecular flexibility index (Phi) is 4.76. The lowest BCUT2D eigenvalue weighted by Crippen LogP contribution is -2.60. The molecule has 0 saturated carbocycles. The molecule has 1 aliphatic rings. The largest absolute Gasteiger partial charge is 0.371 e. The molecule has 0 aliphatic carbocycles. The highest BCUT2D eigenvalue weighted by Gasteiger charge is 2.52. The number of likely N-dealkylation sites (N-methyl/N-ethyl adjacent to an activating group) is 1. The monoisotopic (exact) mass is 240 g/mol.